The fourth-order valence-electron chi connectivity index (χ4n) is 1.97. The van der Waals surface area contributed by atoms with E-state index in [-0.39, 0.29) is 5.91 Å². The minimum absolute atomic E-state index is 0.252. The summed E-state index contributed by atoms with van der Waals surface area (Å²) in [5.41, 5.74) is 0.458. The number of hydrogen-bond acceptors (Lipinski definition) is 3. The van der Waals surface area contributed by atoms with Crippen LogP contribution in [0.1, 0.15) is 23.2 Å². The van der Waals surface area contributed by atoms with Crippen LogP contribution in [0.5, 0.6) is 0 Å². The summed E-state index contributed by atoms with van der Waals surface area (Å²) in [5, 5.41) is 9.02. The van der Waals surface area contributed by atoms with Gasteiger partial charge < -0.3 is 10.0 Å². The molecular weight excluding hydrogens is 288 g/mol. The average molecular weight is 299 g/mol. The fraction of sp³-hybridized carbons (Fsp3) is 0.364. The molecule has 90 valence electrons. The highest BCUT2D eigenvalue weighted by Crippen LogP contribution is 2.21. The molecule has 6 heteroatoms. The molecule has 1 fully saturated rings. The Morgan fingerprint density at radius 1 is 1.53 bits per heavy atom. The van der Waals surface area contributed by atoms with E-state index in [4.69, 9.17) is 5.11 Å². The van der Waals surface area contributed by atoms with Crippen molar-refractivity contribution in [3.05, 3.63) is 28.5 Å². The molecule has 0 spiro atoms. The lowest BCUT2D eigenvalue weighted by atomic mass is 10.2. The molecule has 1 N–H and O–H groups in total. The fourth-order valence-corrected chi connectivity index (χ4v) is 2.33. The van der Waals surface area contributed by atoms with Gasteiger partial charge in [-0.1, -0.05) is 0 Å². The third kappa shape index (κ3) is 2.46. The quantitative estimate of drug-likeness (QED) is 0.841. The second kappa shape index (κ2) is 4.83. The van der Waals surface area contributed by atoms with Gasteiger partial charge in [-0.2, -0.15) is 0 Å². The van der Waals surface area contributed by atoms with Crippen molar-refractivity contribution in [3.63, 3.8) is 0 Å². The second-order valence-corrected chi connectivity index (χ2v) is 4.67. The summed E-state index contributed by atoms with van der Waals surface area (Å²) in [6.07, 6.45) is 2.77. The first-order valence-corrected chi connectivity index (χ1v) is 6.04. The highest BCUT2D eigenvalue weighted by molar-refractivity contribution is 9.10. The minimum atomic E-state index is -0.941. The SMILES string of the molecule is O=C(O)C1CCCN1C(=O)c1ccnc(Br)c1. The van der Waals surface area contributed by atoms with Gasteiger partial charge in [0.15, 0.2) is 0 Å². The molecule has 1 aliphatic heterocycles. The zero-order chi connectivity index (χ0) is 12.4. The molecule has 1 amide bonds. The molecule has 1 saturated heterocycles. The number of rotatable bonds is 2. The van der Waals surface area contributed by atoms with Crippen molar-refractivity contribution in [2.24, 2.45) is 0 Å². The summed E-state index contributed by atoms with van der Waals surface area (Å²) in [4.78, 5) is 28.5. The number of nitrogens with zero attached hydrogens (tertiary/aromatic N) is 2. The average Bonchev–Trinajstić information content (AvgIpc) is 2.77. The molecule has 17 heavy (non-hydrogen) atoms. The molecule has 1 unspecified atom stereocenters. The van der Waals surface area contributed by atoms with E-state index < -0.39 is 12.0 Å². The molecule has 0 radical (unpaired) electrons. The Labute approximate surface area is 107 Å². The van der Waals surface area contributed by atoms with E-state index in [1.165, 1.54) is 11.1 Å². The summed E-state index contributed by atoms with van der Waals surface area (Å²) < 4.78 is 0.564. The van der Waals surface area contributed by atoms with Crippen molar-refractivity contribution in [3.8, 4) is 0 Å². The van der Waals surface area contributed by atoms with Crippen LogP contribution in [0.2, 0.25) is 0 Å². The molecule has 5 nitrogen and oxygen atoms in total. The van der Waals surface area contributed by atoms with Gasteiger partial charge in [-0.15, -0.1) is 0 Å². The van der Waals surface area contributed by atoms with Gasteiger partial charge in [0.05, 0.1) is 0 Å². The second-order valence-electron chi connectivity index (χ2n) is 3.86. The normalized spacial score (nSPS) is 19.4. The van der Waals surface area contributed by atoms with Gasteiger partial charge in [-0.25, -0.2) is 9.78 Å². The van der Waals surface area contributed by atoms with Gasteiger partial charge in [0.2, 0.25) is 0 Å². The third-order valence-electron chi connectivity index (χ3n) is 2.77. The van der Waals surface area contributed by atoms with Crippen molar-refractivity contribution in [2.75, 3.05) is 6.54 Å². The number of amides is 1. The van der Waals surface area contributed by atoms with Crippen LogP contribution < -0.4 is 0 Å². The number of carbonyl (C=O) groups excluding carboxylic acids is 1. The van der Waals surface area contributed by atoms with E-state index in [9.17, 15) is 9.59 Å². The summed E-state index contributed by atoms with van der Waals surface area (Å²) in [7, 11) is 0. The number of carbonyl (C=O) groups is 2. The first-order valence-electron chi connectivity index (χ1n) is 5.25. The Hall–Kier alpha value is -1.43. The first-order chi connectivity index (χ1) is 8.09. The van der Waals surface area contributed by atoms with E-state index >= 15 is 0 Å². The van der Waals surface area contributed by atoms with E-state index in [0.717, 1.165) is 6.42 Å². The molecule has 1 atom stereocenters. The van der Waals surface area contributed by atoms with Crippen molar-refractivity contribution in [1.29, 1.82) is 0 Å². The Balaban J connectivity index is 2.23. The molecular formula is C11H11BrN2O3. The van der Waals surface area contributed by atoms with Crippen molar-refractivity contribution >= 4 is 27.8 Å². The standard InChI is InChI=1S/C11H11BrN2O3/c12-9-6-7(3-4-13-9)10(15)14-5-1-2-8(14)11(16)17/h3-4,6,8H,1-2,5H2,(H,16,17). The van der Waals surface area contributed by atoms with E-state index in [2.05, 4.69) is 20.9 Å². The molecule has 1 aliphatic rings. The molecule has 0 saturated carbocycles. The van der Waals surface area contributed by atoms with Crippen LogP contribution in [0, 0.1) is 0 Å². The van der Waals surface area contributed by atoms with Gasteiger partial charge in [-0.05, 0) is 40.9 Å². The van der Waals surface area contributed by atoms with Gasteiger partial charge in [0.25, 0.3) is 5.91 Å². The topological polar surface area (TPSA) is 70.5 Å². The van der Waals surface area contributed by atoms with Crippen molar-refractivity contribution in [1.82, 2.24) is 9.88 Å². The summed E-state index contributed by atoms with van der Waals surface area (Å²) in [5.74, 6) is -1.19. The van der Waals surface area contributed by atoms with Crippen LogP contribution in [0.15, 0.2) is 22.9 Å². The Morgan fingerprint density at radius 3 is 2.94 bits per heavy atom. The highest BCUT2D eigenvalue weighted by atomic mass is 79.9. The number of pyridine rings is 1. The first kappa shape index (κ1) is 12.0. The molecule has 2 rings (SSSR count). The lowest BCUT2D eigenvalue weighted by molar-refractivity contribution is -0.141. The van der Waals surface area contributed by atoms with Crippen LogP contribution in [0.3, 0.4) is 0 Å². The van der Waals surface area contributed by atoms with E-state index in [1.807, 2.05) is 0 Å². The predicted octanol–water partition coefficient (Wildman–Crippen LogP) is 1.53. The van der Waals surface area contributed by atoms with Gasteiger partial charge in [-0.3, -0.25) is 4.79 Å². The number of halogens is 1. The van der Waals surface area contributed by atoms with Crippen LogP contribution in [0.4, 0.5) is 0 Å². The largest absolute Gasteiger partial charge is 0.480 e. The minimum Gasteiger partial charge on any atom is -0.480 e. The lowest BCUT2D eigenvalue weighted by Gasteiger charge is -2.21. The Kier molecular flexibility index (Phi) is 3.42. The maximum absolute atomic E-state index is 12.1. The highest BCUT2D eigenvalue weighted by Gasteiger charge is 2.34. The van der Waals surface area contributed by atoms with Gasteiger partial charge in [0, 0.05) is 18.3 Å². The van der Waals surface area contributed by atoms with Crippen molar-refractivity contribution in [2.45, 2.75) is 18.9 Å². The van der Waals surface area contributed by atoms with Crippen LogP contribution in [0.25, 0.3) is 0 Å². The number of hydrogen-bond donors (Lipinski definition) is 1. The number of aliphatic carboxylic acids is 1. The smallest absolute Gasteiger partial charge is 0.326 e. The van der Waals surface area contributed by atoms with Crippen LogP contribution >= 0.6 is 15.9 Å². The Morgan fingerprint density at radius 2 is 2.29 bits per heavy atom. The van der Waals surface area contributed by atoms with E-state index in [1.54, 1.807) is 12.1 Å². The third-order valence-corrected chi connectivity index (χ3v) is 3.21. The maximum Gasteiger partial charge on any atom is 0.326 e. The number of carboxylic acid groups (broad SMARTS) is 1. The molecule has 1 aromatic rings. The number of carboxylic acids is 1. The van der Waals surface area contributed by atoms with Crippen LogP contribution in [-0.2, 0) is 4.79 Å². The summed E-state index contributed by atoms with van der Waals surface area (Å²) in [6.45, 7) is 0.496. The Bertz CT molecular complexity index is 464. The number of aromatic nitrogens is 1. The number of likely N-dealkylation sites (tertiary alicyclic amines) is 1. The van der Waals surface area contributed by atoms with Crippen LogP contribution in [-0.4, -0.2) is 39.5 Å². The monoisotopic (exact) mass is 298 g/mol. The zero-order valence-electron chi connectivity index (χ0n) is 8.97. The predicted molar refractivity (Wildman–Crippen MR) is 63.6 cm³/mol. The maximum atomic E-state index is 12.1. The lowest BCUT2D eigenvalue weighted by Crippen LogP contribution is -2.40. The molecule has 0 aromatic carbocycles. The van der Waals surface area contributed by atoms with E-state index in [0.29, 0.717) is 23.1 Å². The van der Waals surface area contributed by atoms with Gasteiger partial charge >= 0.3 is 5.97 Å². The summed E-state index contributed by atoms with van der Waals surface area (Å²) >= 11 is 3.18. The zero-order valence-corrected chi connectivity index (χ0v) is 10.6. The molecule has 1 aromatic heterocycles. The summed E-state index contributed by atoms with van der Waals surface area (Å²) in [6, 6.07) is 2.48. The van der Waals surface area contributed by atoms with Gasteiger partial charge in [0.1, 0.15) is 10.6 Å². The molecule has 0 bridgehead atoms. The van der Waals surface area contributed by atoms with Crippen molar-refractivity contribution < 1.29 is 14.7 Å². The molecule has 2 heterocycles. The molecule has 0 aliphatic carbocycles.